The third kappa shape index (κ3) is 6.40. The summed E-state index contributed by atoms with van der Waals surface area (Å²) in [5.74, 6) is 0.00185. The minimum atomic E-state index is -4.13. The molecule has 10 nitrogen and oxygen atoms in total. The van der Waals surface area contributed by atoms with Crippen molar-refractivity contribution in [2.75, 3.05) is 18.7 Å². The van der Waals surface area contributed by atoms with E-state index in [4.69, 9.17) is 20.3 Å². The average Bonchev–Trinajstić information content (AvgIpc) is 2.70. The van der Waals surface area contributed by atoms with Gasteiger partial charge in [-0.2, -0.15) is 4.98 Å². The van der Waals surface area contributed by atoms with Crippen molar-refractivity contribution in [3.05, 3.63) is 16.7 Å². The molecule has 0 amide bonds. The molecule has 13 heteroatoms. The number of nitrogens with two attached hydrogens (primary N) is 1. The Hall–Kier alpha value is 0.260. The normalized spacial score (nSPS) is 11.0. The van der Waals surface area contributed by atoms with E-state index in [-0.39, 0.29) is 77.2 Å². The van der Waals surface area contributed by atoms with E-state index in [0.717, 1.165) is 0 Å². The van der Waals surface area contributed by atoms with Crippen LogP contribution in [0, 0.1) is 0 Å². The molecule has 0 spiro atoms. The minimum absolute atomic E-state index is 0. The van der Waals surface area contributed by atoms with Crippen LogP contribution in [-0.2, 0) is 15.8 Å². The summed E-state index contributed by atoms with van der Waals surface area (Å²) in [4.78, 5) is 39.0. The number of aromatic nitrogens is 4. The Morgan fingerprint density at radius 1 is 1.41 bits per heavy atom. The topological polar surface area (TPSA) is 156 Å². The second-order valence-electron chi connectivity index (χ2n) is 4.12. The summed E-state index contributed by atoms with van der Waals surface area (Å²) in [5.41, 5.74) is 5.60. The van der Waals surface area contributed by atoms with Crippen molar-refractivity contribution in [3.63, 3.8) is 0 Å². The van der Waals surface area contributed by atoms with Crippen LogP contribution in [-0.4, -0.2) is 101 Å². The van der Waals surface area contributed by atoms with Crippen molar-refractivity contribution in [2.45, 2.75) is 13.0 Å². The van der Waals surface area contributed by atoms with Gasteiger partial charge in [-0.25, -0.2) is 4.98 Å². The molecular weight excluding hydrogens is 335 g/mol. The number of fused-ring (bicyclic) bond motifs is 1. The van der Waals surface area contributed by atoms with E-state index in [1.165, 1.54) is 6.33 Å². The zero-order chi connectivity index (χ0) is 14.8. The van der Waals surface area contributed by atoms with Crippen LogP contribution in [0.5, 0.6) is 0 Å². The van der Waals surface area contributed by atoms with E-state index >= 15 is 0 Å². The Kier molecular flexibility index (Phi) is 9.64. The molecular formula is C9H16N5Na2O5P. The molecule has 114 valence electrons. The molecule has 0 bridgehead atoms. The van der Waals surface area contributed by atoms with Gasteiger partial charge in [0.05, 0.1) is 6.33 Å². The van der Waals surface area contributed by atoms with Gasteiger partial charge in [-0.05, 0) is 6.42 Å². The quantitative estimate of drug-likeness (QED) is 0.263. The first kappa shape index (κ1) is 22.3. The fourth-order valence-corrected chi connectivity index (χ4v) is 2.02. The van der Waals surface area contributed by atoms with E-state index in [9.17, 15) is 9.36 Å². The van der Waals surface area contributed by atoms with Crippen LogP contribution in [0.1, 0.15) is 6.42 Å². The number of imidazole rings is 1. The van der Waals surface area contributed by atoms with Gasteiger partial charge in [0.1, 0.15) is 6.35 Å². The third-order valence-electron chi connectivity index (χ3n) is 2.44. The summed E-state index contributed by atoms with van der Waals surface area (Å²) >= 11 is 0. The van der Waals surface area contributed by atoms with Crippen molar-refractivity contribution in [1.82, 2.24) is 19.5 Å². The van der Waals surface area contributed by atoms with Gasteiger partial charge >= 0.3 is 66.7 Å². The van der Waals surface area contributed by atoms with Crippen molar-refractivity contribution in [2.24, 2.45) is 0 Å². The van der Waals surface area contributed by atoms with E-state index in [0.29, 0.717) is 18.6 Å². The molecule has 0 radical (unpaired) electrons. The third-order valence-corrected chi connectivity index (χ3v) is 2.96. The van der Waals surface area contributed by atoms with Gasteiger partial charge in [-0.1, -0.05) is 0 Å². The van der Waals surface area contributed by atoms with Crippen molar-refractivity contribution in [1.29, 1.82) is 0 Å². The maximum absolute atomic E-state index is 11.5. The number of hydrogen-bond acceptors (Lipinski definition) is 6. The van der Waals surface area contributed by atoms with Crippen LogP contribution < -0.4 is 11.3 Å². The van der Waals surface area contributed by atoms with Crippen LogP contribution in [0.4, 0.5) is 5.95 Å². The number of H-pyrrole nitrogens is 1. The first-order valence-corrected chi connectivity index (χ1v) is 7.49. The number of nitrogens with zero attached hydrogens (tertiary/aromatic N) is 3. The van der Waals surface area contributed by atoms with Crippen LogP contribution in [0.15, 0.2) is 11.1 Å². The molecule has 0 fully saturated rings. The summed E-state index contributed by atoms with van der Waals surface area (Å²) < 4.78 is 17.0. The predicted octanol–water partition coefficient (Wildman–Crippen LogP) is -2.05. The molecule has 0 unspecified atom stereocenters. The van der Waals surface area contributed by atoms with Crippen LogP contribution in [0.3, 0.4) is 0 Å². The number of nitrogens with one attached hydrogen (secondary N) is 1. The Labute approximate surface area is 169 Å². The van der Waals surface area contributed by atoms with Crippen LogP contribution >= 0.6 is 7.60 Å². The molecule has 2 rings (SSSR count). The van der Waals surface area contributed by atoms with E-state index < -0.39 is 19.5 Å². The van der Waals surface area contributed by atoms with Gasteiger partial charge in [0.25, 0.3) is 5.56 Å². The van der Waals surface area contributed by atoms with E-state index in [1.807, 2.05) is 0 Å². The Morgan fingerprint density at radius 2 is 2.09 bits per heavy atom. The zero-order valence-electron chi connectivity index (χ0n) is 10.4. The molecule has 2 heterocycles. The standard InChI is InChI=1S/C9H14N5O5P.2Na.2H/c10-9-12-7-6(8(15)13-9)11-4-14(7)2-1-3-19-5-20(16,17)18;;;;/h4H,1-3,5H2,(H2,16,17,18)(H3,10,12,13,15);;;;. The van der Waals surface area contributed by atoms with Gasteiger partial charge < -0.3 is 24.8 Å². The van der Waals surface area contributed by atoms with Gasteiger partial charge in [-0.15, -0.1) is 0 Å². The number of nitrogen functional groups attached to an aromatic ring is 1. The number of ether oxygens (including phenoxy) is 1. The SMILES string of the molecule is Nc1nc2c(ncn2CCCOCP(=O)(O)O)c(=O)[nH]1.[NaH].[NaH]. The second kappa shape index (κ2) is 9.53. The zero-order valence-corrected chi connectivity index (χ0v) is 11.3. The Balaban J connectivity index is 0.00000220. The predicted molar refractivity (Wildman–Crippen MR) is 84.3 cm³/mol. The van der Waals surface area contributed by atoms with E-state index in [2.05, 4.69) is 15.0 Å². The van der Waals surface area contributed by atoms with Gasteiger partial charge in [0, 0.05) is 13.2 Å². The molecule has 0 saturated carbocycles. The first-order valence-electron chi connectivity index (χ1n) is 5.70. The van der Waals surface area contributed by atoms with Gasteiger partial charge in [0.2, 0.25) is 5.95 Å². The fourth-order valence-electron chi connectivity index (χ4n) is 1.65. The number of rotatable bonds is 6. The number of aromatic amines is 1. The summed E-state index contributed by atoms with van der Waals surface area (Å²) in [6.45, 7) is 0.608. The molecule has 0 aliphatic carbocycles. The molecule has 2 aromatic rings. The monoisotopic (exact) mass is 351 g/mol. The molecule has 5 N–H and O–H groups in total. The summed E-state index contributed by atoms with van der Waals surface area (Å²) in [7, 11) is -4.13. The summed E-state index contributed by atoms with van der Waals surface area (Å²) in [5, 5.41) is 0. The van der Waals surface area contributed by atoms with Crippen molar-refractivity contribution in [3.8, 4) is 0 Å². The molecule has 0 aliphatic heterocycles. The molecule has 0 saturated heterocycles. The fraction of sp³-hybridized carbons (Fsp3) is 0.444. The van der Waals surface area contributed by atoms with Gasteiger partial charge in [-0.3, -0.25) is 14.3 Å². The molecule has 22 heavy (non-hydrogen) atoms. The number of anilines is 1. The van der Waals surface area contributed by atoms with E-state index in [1.54, 1.807) is 4.57 Å². The van der Waals surface area contributed by atoms with Crippen LogP contribution in [0.2, 0.25) is 0 Å². The number of hydrogen-bond donors (Lipinski definition) is 4. The average molecular weight is 351 g/mol. The molecule has 0 aromatic carbocycles. The van der Waals surface area contributed by atoms with Gasteiger partial charge in [0.15, 0.2) is 11.2 Å². The Bertz CT molecular complexity index is 714. The summed E-state index contributed by atoms with van der Waals surface area (Å²) in [6, 6.07) is 0. The molecule has 2 aromatic heterocycles. The Morgan fingerprint density at radius 3 is 2.73 bits per heavy atom. The van der Waals surface area contributed by atoms with Crippen molar-refractivity contribution < 1.29 is 19.1 Å². The second-order valence-corrected chi connectivity index (χ2v) is 5.70. The molecule has 0 aliphatic rings. The first-order chi connectivity index (χ1) is 9.37. The maximum atomic E-state index is 11.5. The van der Waals surface area contributed by atoms with Crippen molar-refractivity contribution >= 4 is 83.8 Å². The molecule has 0 atom stereocenters. The number of aryl methyl sites for hydroxylation is 1. The van der Waals surface area contributed by atoms with Crippen LogP contribution in [0.25, 0.3) is 11.2 Å². The summed E-state index contributed by atoms with van der Waals surface area (Å²) in [6.07, 6.45) is 1.33.